The van der Waals surface area contributed by atoms with Crippen LogP contribution in [0.1, 0.15) is 21.5 Å². The summed E-state index contributed by atoms with van der Waals surface area (Å²) in [5, 5.41) is 12.0. The quantitative estimate of drug-likeness (QED) is 0.334. The van der Waals surface area contributed by atoms with Crippen molar-refractivity contribution in [2.24, 2.45) is 0 Å². The molecule has 154 valence electrons. The predicted molar refractivity (Wildman–Crippen MR) is 119 cm³/mol. The Hall–Kier alpha value is -4.45. The van der Waals surface area contributed by atoms with Crippen LogP contribution in [-0.4, -0.2) is 23.0 Å². The molecule has 0 aromatic heterocycles. The van der Waals surface area contributed by atoms with Gasteiger partial charge in [0, 0.05) is 23.9 Å². The molecule has 0 aliphatic rings. The lowest BCUT2D eigenvalue weighted by atomic mass is 10.1. The number of benzene rings is 3. The molecule has 6 heteroatoms. The molecule has 6 nitrogen and oxygen atoms in total. The second-order valence-corrected chi connectivity index (χ2v) is 6.41. The van der Waals surface area contributed by atoms with E-state index in [0.29, 0.717) is 5.69 Å². The zero-order valence-electron chi connectivity index (χ0n) is 16.4. The Morgan fingerprint density at radius 2 is 1.35 bits per heavy atom. The van der Waals surface area contributed by atoms with Gasteiger partial charge >= 0.3 is 11.9 Å². The normalized spacial score (nSPS) is 10.8. The number of anilines is 1. The highest BCUT2D eigenvalue weighted by atomic mass is 16.5. The van der Waals surface area contributed by atoms with Crippen LogP contribution in [-0.2, 0) is 9.59 Å². The summed E-state index contributed by atoms with van der Waals surface area (Å²) in [6.45, 7) is 0. The van der Waals surface area contributed by atoms with Crippen LogP contribution in [0.2, 0.25) is 0 Å². The Labute approximate surface area is 179 Å². The molecule has 0 aliphatic carbocycles. The van der Waals surface area contributed by atoms with E-state index >= 15 is 0 Å². The molecule has 0 saturated carbocycles. The van der Waals surface area contributed by atoms with Crippen LogP contribution in [0.4, 0.5) is 5.69 Å². The van der Waals surface area contributed by atoms with Crippen molar-refractivity contribution in [3.63, 3.8) is 0 Å². The summed E-state index contributed by atoms with van der Waals surface area (Å²) in [4.78, 5) is 35.8. The van der Waals surface area contributed by atoms with E-state index in [9.17, 15) is 19.5 Å². The molecule has 0 spiro atoms. The number of hydrogen-bond acceptors (Lipinski definition) is 4. The molecule has 2 N–H and O–H groups in total. The minimum absolute atomic E-state index is 0.167. The fraction of sp³-hybridized carbons (Fsp3) is 0. The van der Waals surface area contributed by atoms with Gasteiger partial charge in [0.2, 0.25) is 5.91 Å². The molecule has 0 radical (unpaired) electrons. The summed E-state index contributed by atoms with van der Waals surface area (Å²) < 4.78 is 5.20. The molecule has 3 aromatic carbocycles. The third-order valence-corrected chi connectivity index (χ3v) is 4.13. The summed E-state index contributed by atoms with van der Waals surface area (Å²) in [5.74, 6) is -2.57. The molecule has 3 rings (SSSR count). The number of rotatable bonds is 7. The Balaban J connectivity index is 1.72. The Kier molecular flexibility index (Phi) is 7.11. The van der Waals surface area contributed by atoms with Crippen molar-refractivity contribution in [3.05, 3.63) is 108 Å². The van der Waals surface area contributed by atoms with Crippen molar-refractivity contribution in [1.29, 1.82) is 0 Å². The molecule has 0 heterocycles. The maximum absolute atomic E-state index is 12.2. The van der Waals surface area contributed by atoms with Crippen LogP contribution in [0.5, 0.6) is 5.75 Å². The maximum atomic E-state index is 12.2. The highest BCUT2D eigenvalue weighted by Gasteiger charge is 2.15. The van der Waals surface area contributed by atoms with Crippen LogP contribution >= 0.6 is 0 Å². The number of carbonyl (C=O) groups excluding carboxylic acids is 2. The molecule has 0 saturated heterocycles. The molecule has 0 aliphatic heterocycles. The van der Waals surface area contributed by atoms with Gasteiger partial charge in [0.05, 0.1) is 0 Å². The van der Waals surface area contributed by atoms with E-state index < -0.39 is 17.8 Å². The first-order valence-electron chi connectivity index (χ1n) is 9.37. The van der Waals surface area contributed by atoms with Crippen molar-refractivity contribution in [2.45, 2.75) is 0 Å². The van der Waals surface area contributed by atoms with E-state index in [0.717, 1.165) is 11.1 Å². The monoisotopic (exact) mass is 413 g/mol. The van der Waals surface area contributed by atoms with Crippen molar-refractivity contribution >= 4 is 35.7 Å². The number of carboxylic acid groups (broad SMARTS) is 1. The van der Waals surface area contributed by atoms with Crippen LogP contribution in [0, 0.1) is 0 Å². The SMILES string of the molecule is O=C(C=Cc1ccccc1)Nc1ccc(C(=O)O)c(OC(=O)C=Cc2ccccc2)c1. The zero-order valence-corrected chi connectivity index (χ0v) is 16.4. The van der Waals surface area contributed by atoms with Gasteiger partial charge in [-0.25, -0.2) is 9.59 Å². The highest BCUT2D eigenvalue weighted by Crippen LogP contribution is 2.24. The average Bonchev–Trinajstić information content (AvgIpc) is 2.78. The van der Waals surface area contributed by atoms with Gasteiger partial charge in [-0.05, 0) is 35.4 Å². The zero-order chi connectivity index (χ0) is 22.1. The van der Waals surface area contributed by atoms with Crippen LogP contribution in [0.15, 0.2) is 91.0 Å². The van der Waals surface area contributed by atoms with Crippen molar-refractivity contribution in [1.82, 2.24) is 0 Å². The van der Waals surface area contributed by atoms with Crippen molar-refractivity contribution in [2.75, 3.05) is 5.32 Å². The van der Waals surface area contributed by atoms with E-state index in [4.69, 9.17) is 4.74 Å². The second-order valence-electron chi connectivity index (χ2n) is 6.41. The van der Waals surface area contributed by atoms with Gasteiger partial charge in [0.1, 0.15) is 11.3 Å². The number of nitrogens with one attached hydrogen (secondary N) is 1. The summed E-state index contributed by atoms with van der Waals surface area (Å²) in [7, 11) is 0. The van der Waals surface area contributed by atoms with Gasteiger partial charge < -0.3 is 15.2 Å². The molecule has 0 atom stereocenters. The highest BCUT2D eigenvalue weighted by molar-refractivity contribution is 6.03. The Bertz CT molecular complexity index is 1140. The summed E-state index contributed by atoms with van der Waals surface area (Å²) in [5.41, 5.74) is 1.75. The van der Waals surface area contributed by atoms with Crippen LogP contribution in [0.25, 0.3) is 12.2 Å². The van der Waals surface area contributed by atoms with Gasteiger partial charge in [-0.2, -0.15) is 0 Å². The van der Waals surface area contributed by atoms with Crippen molar-refractivity contribution < 1.29 is 24.2 Å². The number of hydrogen-bond donors (Lipinski definition) is 2. The molecule has 31 heavy (non-hydrogen) atoms. The third kappa shape index (κ3) is 6.54. The molecule has 0 bridgehead atoms. The lowest BCUT2D eigenvalue weighted by Gasteiger charge is -2.09. The van der Waals surface area contributed by atoms with Crippen LogP contribution in [0.3, 0.4) is 0 Å². The molecule has 1 amide bonds. The average molecular weight is 413 g/mol. The number of amides is 1. The van der Waals surface area contributed by atoms with Gasteiger partial charge in [-0.1, -0.05) is 60.7 Å². The van der Waals surface area contributed by atoms with E-state index in [2.05, 4.69) is 5.32 Å². The topological polar surface area (TPSA) is 92.7 Å². The molecule has 3 aromatic rings. The summed E-state index contributed by atoms with van der Waals surface area (Å²) in [6, 6.07) is 22.4. The fourth-order valence-corrected chi connectivity index (χ4v) is 2.65. The lowest BCUT2D eigenvalue weighted by molar-refractivity contribution is -0.128. The molecule has 0 unspecified atom stereocenters. The largest absolute Gasteiger partial charge is 0.478 e. The first-order chi connectivity index (χ1) is 15.0. The van der Waals surface area contributed by atoms with E-state index in [1.807, 2.05) is 60.7 Å². The smallest absolute Gasteiger partial charge is 0.339 e. The first kappa shape index (κ1) is 21.3. The Morgan fingerprint density at radius 3 is 1.94 bits per heavy atom. The van der Waals surface area contributed by atoms with Gasteiger partial charge in [-0.3, -0.25) is 4.79 Å². The van der Waals surface area contributed by atoms with Gasteiger partial charge in [0.15, 0.2) is 0 Å². The summed E-state index contributed by atoms with van der Waals surface area (Å²) >= 11 is 0. The lowest BCUT2D eigenvalue weighted by Crippen LogP contribution is -2.11. The Morgan fingerprint density at radius 1 is 0.774 bits per heavy atom. The van der Waals surface area contributed by atoms with E-state index in [1.54, 1.807) is 12.2 Å². The fourth-order valence-electron chi connectivity index (χ4n) is 2.65. The maximum Gasteiger partial charge on any atom is 0.339 e. The number of esters is 1. The number of carbonyl (C=O) groups is 3. The minimum atomic E-state index is -1.25. The van der Waals surface area contributed by atoms with Crippen molar-refractivity contribution in [3.8, 4) is 5.75 Å². The number of ether oxygens (including phenoxy) is 1. The third-order valence-electron chi connectivity index (χ3n) is 4.13. The second kappa shape index (κ2) is 10.4. The molecular weight excluding hydrogens is 394 g/mol. The molecular formula is C25H19NO5. The number of aromatic carboxylic acids is 1. The van der Waals surface area contributed by atoms with Crippen LogP contribution < -0.4 is 10.1 Å². The predicted octanol–water partition coefficient (Wildman–Crippen LogP) is 4.66. The standard InChI is InChI=1S/C25H19NO5/c27-23(15-11-18-7-3-1-4-8-18)26-20-13-14-21(25(29)30)22(17-20)31-24(28)16-12-19-9-5-2-6-10-19/h1-17H,(H,26,27)(H,29,30). The summed E-state index contributed by atoms with van der Waals surface area (Å²) in [6.07, 6.45) is 5.77. The van der Waals surface area contributed by atoms with E-state index in [-0.39, 0.29) is 11.3 Å². The first-order valence-corrected chi connectivity index (χ1v) is 9.37. The molecule has 0 fully saturated rings. The van der Waals surface area contributed by atoms with E-state index in [1.165, 1.54) is 30.4 Å². The van der Waals surface area contributed by atoms with Gasteiger partial charge in [0.25, 0.3) is 0 Å². The minimum Gasteiger partial charge on any atom is -0.478 e. The number of carboxylic acids is 1. The van der Waals surface area contributed by atoms with Gasteiger partial charge in [-0.15, -0.1) is 0 Å².